The molecule has 4 N–H and O–H groups in total. The molecule has 0 aromatic rings. The lowest BCUT2D eigenvalue weighted by atomic mass is 9.79. The highest BCUT2D eigenvalue weighted by Gasteiger charge is 2.53. The zero-order valence-electron chi connectivity index (χ0n) is 41.6. The van der Waals surface area contributed by atoms with Crippen LogP contribution in [0.3, 0.4) is 0 Å². The van der Waals surface area contributed by atoms with Gasteiger partial charge in [0.2, 0.25) is 0 Å². The molecule has 19 heteroatoms. The molecular formula is C48H79NO18. The Morgan fingerprint density at radius 3 is 2.13 bits per heavy atom. The fraction of sp³-hybridized carbons (Fsp3) is 0.833. The SMILES string of the molecule is CC[C@H]1OC(=O)C[C@@H](O)[C@H](C)[C@@H](O[C@@H]2O[C@H](C)[C@@H](O[C@H]3C[C@@](C)(O)[C@@H](O)[C@H](C)O3)[C@H](N(C)C)[C@H]2OC(C)=O)[C@@H](CC=O)C[C@@H](C)C(=O)/C=C/C(C)=C/[C@@H]1CO[C@@H]1O[C@H](C)[C@@H](O)[C@@H](OC)[C@H]1OC. The summed E-state index contributed by atoms with van der Waals surface area (Å²) in [5.74, 6) is -4.40. The van der Waals surface area contributed by atoms with E-state index in [0.717, 1.165) is 0 Å². The van der Waals surface area contributed by atoms with Gasteiger partial charge in [0.25, 0.3) is 0 Å². The van der Waals surface area contributed by atoms with Crippen molar-refractivity contribution in [3.05, 3.63) is 23.8 Å². The van der Waals surface area contributed by atoms with Gasteiger partial charge in [-0.2, -0.15) is 0 Å². The molecule has 0 aromatic heterocycles. The number of ketones is 1. The zero-order valence-corrected chi connectivity index (χ0v) is 41.6. The number of carbonyl (C=O) groups excluding carboxylic acids is 4. The topological polar surface area (TPSA) is 245 Å². The van der Waals surface area contributed by atoms with E-state index in [1.54, 1.807) is 66.6 Å². The van der Waals surface area contributed by atoms with Gasteiger partial charge in [0.05, 0.1) is 55.2 Å². The summed E-state index contributed by atoms with van der Waals surface area (Å²) in [6, 6.07) is -0.745. The summed E-state index contributed by atoms with van der Waals surface area (Å²) in [7, 11) is 6.44. The van der Waals surface area contributed by atoms with Crippen LogP contribution in [0.4, 0.5) is 0 Å². The average Bonchev–Trinajstić information content (AvgIpc) is 3.25. The van der Waals surface area contributed by atoms with Crippen LogP contribution >= 0.6 is 0 Å². The number of cyclic esters (lactones) is 1. The predicted octanol–water partition coefficient (Wildman–Crippen LogP) is 2.40. The molecule has 0 aromatic carbocycles. The zero-order chi connectivity index (χ0) is 50.1. The molecule has 21 atom stereocenters. The number of methoxy groups -OCH3 is 2. The molecule has 67 heavy (non-hydrogen) atoms. The van der Waals surface area contributed by atoms with Gasteiger partial charge < -0.3 is 77.5 Å². The third-order valence-corrected chi connectivity index (χ3v) is 13.7. The van der Waals surface area contributed by atoms with Crippen molar-refractivity contribution in [2.75, 3.05) is 34.9 Å². The number of ether oxygens (including phenoxy) is 10. The first-order valence-electron chi connectivity index (χ1n) is 23.6. The molecule has 0 amide bonds. The molecule has 384 valence electrons. The van der Waals surface area contributed by atoms with Crippen LogP contribution in [-0.2, 0) is 66.5 Å². The van der Waals surface area contributed by atoms with Gasteiger partial charge in [-0.1, -0.05) is 38.5 Å². The van der Waals surface area contributed by atoms with Crippen molar-refractivity contribution in [3.63, 3.8) is 0 Å². The second-order valence-electron chi connectivity index (χ2n) is 19.3. The van der Waals surface area contributed by atoms with Gasteiger partial charge in [0, 0.05) is 51.7 Å². The van der Waals surface area contributed by atoms with E-state index in [1.807, 2.05) is 13.0 Å². The minimum absolute atomic E-state index is 0.0206. The molecule has 3 saturated heterocycles. The molecule has 4 aliphatic heterocycles. The van der Waals surface area contributed by atoms with Gasteiger partial charge in [-0.3, -0.25) is 14.4 Å². The number of aliphatic hydroxyl groups excluding tert-OH is 3. The minimum Gasteiger partial charge on any atom is -0.462 e. The predicted molar refractivity (Wildman–Crippen MR) is 240 cm³/mol. The Hall–Kier alpha value is -2.76. The summed E-state index contributed by atoms with van der Waals surface area (Å²) in [6.45, 7) is 14.8. The van der Waals surface area contributed by atoms with Crippen LogP contribution in [0, 0.1) is 23.7 Å². The number of hydrogen-bond acceptors (Lipinski definition) is 19. The first kappa shape index (κ1) is 56.8. The van der Waals surface area contributed by atoms with Gasteiger partial charge >= 0.3 is 11.9 Å². The van der Waals surface area contributed by atoms with Gasteiger partial charge in [-0.05, 0) is 73.5 Å². The van der Waals surface area contributed by atoms with E-state index in [1.165, 1.54) is 34.1 Å². The van der Waals surface area contributed by atoms with E-state index < -0.39 is 146 Å². The van der Waals surface area contributed by atoms with Crippen LogP contribution in [0.5, 0.6) is 0 Å². The van der Waals surface area contributed by atoms with Crippen LogP contribution in [-0.4, -0.2) is 188 Å². The summed E-state index contributed by atoms with van der Waals surface area (Å²) < 4.78 is 61.2. The molecular weight excluding hydrogens is 879 g/mol. The van der Waals surface area contributed by atoms with E-state index in [4.69, 9.17) is 47.4 Å². The number of aliphatic hydroxyl groups is 4. The maximum atomic E-state index is 13.9. The van der Waals surface area contributed by atoms with Crippen molar-refractivity contribution in [2.24, 2.45) is 23.7 Å². The number of likely N-dealkylation sites (N-methyl/N-ethyl adjacent to an activating group) is 1. The van der Waals surface area contributed by atoms with Crippen LogP contribution in [0.25, 0.3) is 0 Å². The largest absolute Gasteiger partial charge is 0.462 e. The van der Waals surface area contributed by atoms with E-state index in [0.29, 0.717) is 18.3 Å². The van der Waals surface area contributed by atoms with Crippen molar-refractivity contribution < 1.29 is 87.0 Å². The number of allylic oxidation sites excluding steroid dienone is 3. The number of esters is 2. The van der Waals surface area contributed by atoms with Crippen LogP contribution in [0.1, 0.15) is 94.4 Å². The smallest absolute Gasteiger partial charge is 0.308 e. The number of rotatable bonds is 14. The second kappa shape index (κ2) is 25.4. The average molecular weight is 958 g/mol. The molecule has 19 nitrogen and oxygen atoms in total. The van der Waals surface area contributed by atoms with E-state index in [2.05, 4.69) is 0 Å². The maximum Gasteiger partial charge on any atom is 0.308 e. The minimum atomic E-state index is -1.52. The van der Waals surface area contributed by atoms with Crippen LogP contribution in [0.15, 0.2) is 23.8 Å². The lowest BCUT2D eigenvalue weighted by Gasteiger charge is -2.50. The van der Waals surface area contributed by atoms with Gasteiger partial charge in [-0.25, -0.2) is 0 Å². The Balaban J connectivity index is 1.68. The number of aldehydes is 1. The lowest BCUT2D eigenvalue weighted by Crippen LogP contribution is -2.66. The second-order valence-corrected chi connectivity index (χ2v) is 19.3. The summed E-state index contributed by atoms with van der Waals surface area (Å²) in [4.78, 5) is 54.7. The van der Waals surface area contributed by atoms with E-state index in [-0.39, 0.29) is 31.7 Å². The summed E-state index contributed by atoms with van der Waals surface area (Å²) in [5, 5.41) is 44.1. The molecule has 0 saturated carbocycles. The quantitative estimate of drug-likeness (QED) is 0.144. The molecule has 0 unspecified atom stereocenters. The van der Waals surface area contributed by atoms with Gasteiger partial charge in [0.1, 0.15) is 42.9 Å². The van der Waals surface area contributed by atoms with Crippen molar-refractivity contribution >= 4 is 24.0 Å². The third-order valence-electron chi connectivity index (χ3n) is 13.7. The Bertz CT molecular complexity index is 1670. The van der Waals surface area contributed by atoms with E-state index >= 15 is 0 Å². The van der Waals surface area contributed by atoms with Crippen molar-refractivity contribution in [1.82, 2.24) is 4.90 Å². The van der Waals surface area contributed by atoms with Gasteiger partial charge in [-0.15, -0.1) is 0 Å². The van der Waals surface area contributed by atoms with Crippen molar-refractivity contribution in [2.45, 2.75) is 198 Å². The number of nitrogens with zero attached hydrogens (tertiary/aromatic N) is 1. The highest BCUT2D eigenvalue weighted by molar-refractivity contribution is 5.91. The maximum absolute atomic E-state index is 13.9. The molecule has 4 rings (SSSR count). The Morgan fingerprint density at radius 1 is 0.896 bits per heavy atom. The first-order chi connectivity index (χ1) is 31.5. The normalized spacial score (nSPS) is 44.3. The fourth-order valence-corrected chi connectivity index (χ4v) is 9.80. The molecule has 0 aliphatic carbocycles. The molecule has 4 aliphatic rings. The molecule has 0 spiro atoms. The molecule has 0 bridgehead atoms. The van der Waals surface area contributed by atoms with Crippen molar-refractivity contribution in [1.29, 1.82) is 0 Å². The highest BCUT2D eigenvalue weighted by Crippen LogP contribution is 2.38. The fourth-order valence-electron chi connectivity index (χ4n) is 9.80. The Kier molecular flexibility index (Phi) is 21.5. The molecule has 4 heterocycles. The monoisotopic (exact) mass is 958 g/mol. The summed E-state index contributed by atoms with van der Waals surface area (Å²) >= 11 is 0. The third kappa shape index (κ3) is 14.6. The van der Waals surface area contributed by atoms with Crippen LogP contribution in [0.2, 0.25) is 0 Å². The Morgan fingerprint density at radius 2 is 1.55 bits per heavy atom. The lowest BCUT2D eigenvalue weighted by molar-refractivity contribution is -0.342. The standard InChI is InChI=1S/C48H79NO18/c1-14-35-32(23-60-46-44(59-13)43(58-12)39(55)27(5)62-46)19-24(2)15-16-33(52)25(3)20-31(17-18-50)40(26(4)34(53)21-36(54)65-35)67-47-42(64-30(8)51)38(49(10)11)41(28(6)63-47)66-37-22-48(9,57)45(56)29(7)61-37/h15-16,18-19,25-29,31-32,34-35,37-47,53,55-57H,14,17,20-23H2,1-13H3/b16-15+,24-19+/t25-,26+,27-,28-,29+,31+,32-,34-,35-,37+,38+,39-,40-,41-,42-,43-,44-,45+,46-,47+,48-/m1/s1. The van der Waals surface area contributed by atoms with Gasteiger partial charge in [0.15, 0.2) is 30.8 Å². The summed E-state index contributed by atoms with van der Waals surface area (Å²) in [5.41, 5.74) is -0.849. The number of hydrogen-bond donors (Lipinski definition) is 4. The number of carbonyl (C=O) groups is 4. The molecule has 0 radical (unpaired) electrons. The van der Waals surface area contributed by atoms with Crippen molar-refractivity contribution in [3.8, 4) is 0 Å². The summed E-state index contributed by atoms with van der Waals surface area (Å²) in [6.07, 6.45) is -8.74. The first-order valence-corrected chi connectivity index (χ1v) is 23.6. The van der Waals surface area contributed by atoms with Crippen LogP contribution < -0.4 is 0 Å². The molecule has 3 fully saturated rings. The highest BCUT2D eigenvalue weighted by atomic mass is 16.7. The Labute approximate surface area is 395 Å². The van der Waals surface area contributed by atoms with E-state index in [9.17, 15) is 39.6 Å².